The minimum absolute atomic E-state index is 0.251. The van der Waals surface area contributed by atoms with E-state index >= 15 is 0 Å². The lowest BCUT2D eigenvalue weighted by Gasteiger charge is -2.13. The molecule has 0 fully saturated rings. The quantitative estimate of drug-likeness (QED) is 0.875. The number of thiophene rings is 1. The molecule has 2 aromatic rings. The van der Waals surface area contributed by atoms with E-state index in [1.54, 1.807) is 6.92 Å². The van der Waals surface area contributed by atoms with Crippen molar-refractivity contribution < 1.29 is 14.0 Å². The fourth-order valence-corrected chi connectivity index (χ4v) is 3.36. The number of amides is 2. The van der Waals surface area contributed by atoms with Crippen molar-refractivity contribution in [3.05, 3.63) is 33.9 Å². The zero-order valence-corrected chi connectivity index (χ0v) is 13.8. The Morgan fingerprint density at radius 2 is 2.14 bits per heavy atom. The van der Waals surface area contributed by atoms with Crippen LogP contribution in [0.3, 0.4) is 0 Å². The summed E-state index contributed by atoms with van der Waals surface area (Å²) in [6.07, 6.45) is 0.820. The first-order chi connectivity index (χ1) is 10.4. The predicted molar refractivity (Wildman–Crippen MR) is 87.0 cm³/mol. The van der Waals surface area contributed by atoms with Crippen LogP contribution in [0.1, 0.15) is 29.9 Å². The summed E-state index contributed by atoms with van der Waals surface area (Å²) in [5, 5.41) is 6.21. The average molecular weight is 343 g/mol. The van der Waals surface area contributed by atoms with Crippen molar-refractivity contribution in [3.63, 3.8) is 0 Å². The zero-order chi connectivity index (χ0) is 16.3. The molecule has 0 aliphatic carbocycles. The van der Waals surface area contributed by atoms with E-state index in [1.807, 2.05) is 6.92 Å². The minimum Gasteiger partial charge on any atom is -0.354 e. The average Bonchev–Trinajstić information content (AvgIpc) is 2.81. The predicted octanol–water partition coefficient (Wildman–Crippen LogP) is 3.34. The van der Waals surface area contributed by atoms with Crippen molar-refractivity contribution in [2.45, 2.75) is 26.3 Å². The molecule has 1 heterocycles. The second kappa shape index (κ2) is 7.07. The van der Waals surface area contributed by atoms with Gasteiger partial charge in [0.05, 0.1) is 5.02 Å². The SMILES string of the molecule is CCCNC(=O)[C@H](C)NC(=O)c1sc2cc(F)ccc2c1Cl. The summed E-state index contributed by atoms with van der Waals surface area (Å²) in [5.74, 6) is -1.08. The van der Waals surface area contributed by atoms with E-state index in [4.69, 9.17) is 11.6 Å². The molecule has 0 spiro atoms. The lowest BCUT2D eigenvalue weighted by molar-refractivity contribution is -0.122. The zero-order valence-electron chi connectivity index (χ0n) is 12.2. The maximum atomic E-state index is 13.2. The molecule has 0 bridgehead atoms. The van der Waals surface area contributed by atoms with Gasteiger partial charge >= 0.3 is 0 Å². The fourth-order valence-electron chi connectivity index (χ4n) is 1.91. The molecular formula is C15H16ClFN2O2S. The summed E-state index contributed by atoms with van der Waals surface area (Å²) >= 11 is 7.28. The smallest absolute Gasteiger partial charge is 0.263 e. The van der Waals surface area contributed by atoms with Crippen molar-refractivity contribution in [1.29, 1.82) is 0 Å². The molecule has 1 atom stereocenters. The molecule has 2 rings (SSSR count). The molecule has 0 saturated heterocycles. The molecule has 4 nitrogen and oxygen atoms in total. The van der Waals surface area contributed by atoms with E-state index in [0.29, 0.717) is 16.6 Å². The Morgan fingerprint density at radius 1 is 1.41 bits per heavy atom. The van der Waals surface area contributed by atoms with Gasteiger partial charge in [-0.25, -0.2) is 4.39 Å². The highest BCUT2D eigenvalue weighted by Gasteiger charge is 2.21. The van der Waals surface area contributed by atoms with Gasteiger partial charge in [-0.1, -0.05) is 18.5 Å². The van der Waals surface area contributed by atoms with E-state index in [2.05, 4.69) is 10.6 Å². The molecule has 1 aromatic carbocycles. The summed E-state index contributed by atoms with van der Waals surface area (Å²) in [5.41, 5.74) is 0. The van der Waals surface area contributed by atoms with Crippen LogP contribution in [0.2, 0.25) is 5.02 Å². The molecule has 7 heteroatoms. The van der Waals surface area contributed by atoms with E-state index in [-0.39, 0.29) is 21.6 Å². The van der Waals surface area contributed by atoms with Gasteiger partial charge in [0.15, 0.2) is 0 Å². The van der Waals surface area contributed by atoms with E-state index in [1.165, 1.54) is 18.2 Å². The summed E-state index contributed by atoms with van der Waals surface area (Å²) in [4.78, 5) is 24.3. The first-order valence-electron chi connectivity index (χ1n) is 6.90. The second-order valence-corrected chi connectivity index (χ2v) is 6.30. The van der Waals surface area contributed by atoms with Crippen molar-refractivity contribution >= 4 is 44.8 Å². The Kier molecular flexibility index (Phi) is 5.37. The van der Waals surface area contributed by atoms with Gasteiger partial charge in [0.25, 0.3) is 5.91 Å². The molecule has 0 aliphatic rings. The van der Waals surface area contributed by atoms with Gasteiger partial charge < -0.3 is 10.6 Å². The Balaban J connectivity index is 2.16. The normalized spacial score (nSPS) is 12.2. The van der Waals surface area contributed by atoms with Crippen molar-refractivity contribution in [1.82, 2.24) is 10.6 Å². The summed E-state index contributed by atoms with van der Waals surface area (Å²) in [7, 11) is 0. The lowest BCUT2D eigenvalue weighted by atomic mass is 10.2. The van der Waals surface area contributed by atoms with Gasteiger partial charge in [0, 0.05) is 16.6 Å². The van der Waals surface area contributed by atoms with Crippen LogP contribution >= 0.6 is 22.9 Å². The molecule has 1 aromatic heterocycles. The number of benzene rings is 1. The van der Waals surface area contributed by atoms with Crippen molar-refractivity contribution in [2.24, 2.45) is 0 Å². The minimum atomic E-state index is -0.669. The lowest BCUT2D eigenvalue weighted by Crippen LogP contribution is -2.44. The Hall–Kier alpha value is -1.66. The molecule has 2 N–H and O–H groups in total. The topological polar surface area (TPSA) is 58.2 Å². The van der Waals surface area contributed by atoms with Gasteiger partial charge in [0.1, 0.15) is 16.7 Å². The molecule has 0 saturated carbocycles. The van der Waals surface area contributed by atoms with Gasteiger partial charge in [0.2, 0.25) is 5.91 Å². The van der Waals surface area contributed by atoms with Crippen LogP contribution in [0.25, 0.3) is 10.1 Å². The molecule has 118 valence electrons. The third kappa shape index (κ3) is 3.56. The maximum Gasteiger partial charge on any atom is 0.263 e. The van der Waals surface area contributed by atoms with Crippen molar-refractivity contribution in [2.75, 3.05) is 6.54 Å². The van der Waals surface area contributed by atoms with Crippen LogP contribution in [-0.2, 0) is 4.79 Å². The third-order valence-electron chi connectivity index (χ3n) is 3.09. The number of carbonyl (C=O) groups is 2. The molecule has 0 unspecified atom stereocenters. The standard InChI is InChI=1S/C15H16ClFN2O2S/c1-3-6-18-14(20)8(2)19-15(21)13-12(16)10-5-4-9(17)7-11(10)22-13/h4-5,7-8H,3,6H2,1-2H3,(H,18,20)(H,19,21)/t8-/m0/s1. The molecular weight excluding hydrogens is 327 g/mol. The highest BCUT2D eigenvalue weighted by Crippen LogP contribution is 2.35. The summed E-state index contributed by atoms with van der Waals surface area (Å²) in [6.45, 7) is 4.10. The number of halogens is 2. The molecule has 2 amide bonds. The van der Waals surface area contributed by atoms with E-state index < -0.39 is 11.9 Å². The van der Waals surface area contributed by atoms with Crippen LogP contribution in [0, 0.1) is 5.82 Å². The Labute approximate surface area is 136 Å². The van der Waals surface area contributed by atoms with Crippen LogP contribution in [0.5, 0.6) is 0 Å². The van der Waals surface area contributed by atoms with Gasteiger partial charge in [-0.3, -0.25) is 9.59 Å². The second-order valence-electron chi connectivity index (χ2n) is 4.87. The molecule has 22 heavy (non-hydrogen) atoms. The van der Waals surface area contributed by atoms with E-state index in [0.717, 1.165) is 17.8 Å². The third-order valence-corrected chi connectivity index (χ3v) is 4.74. The van der Waals surface area contributed by atoms with Gasteiger partial charge in [-0.15, -0.1) is 11.3 Å². The van der Waals surface area contributed by atoms with Crippen LogP contribution in [0.4, 0.5) is 4.39 Å². The fraction of sp³-hybridized carbons (Fsp3) is 0.333. The van der Waals surface area contributed by atoms with Crippen LogP contribution in [0.15, 0.2) is 18.2 Å². The molecule has 0 radical (unpaired) electrons. The first kappa shape index (κ1) is 16.7. The number of carbonyl (C=O) groups excluding carboxylic acids is 2. The monoisotopic (exact) mass is 342 g/mol. The van der Waals surface area contributed by atoms with Crippen LogP contribution < -0.4 is 10.6 Å². The Bertz CT molecular complexity index is 717. The van der Waals surface area contributed by atoms with Crippen molar-refractivity contribution in [3.8, 4) is 0 Å². The Morgan fingerprint density at radius 3 is 2.82 bits per heavy atom. The highest BCUT2D eigenvalue weighted by molar-refractivity contribution is 7.21. The van der Waals surface area contributed by atoms with Gasteiger partial charge in [-0.05, 0) is 31.5 Å². The maximum absolute atomic E-state index is 13.2. The van der Waals surface area contributed by atoms with Gasteiger partial charge in [-0.2, -0.15) is 0 Å². The van der Waals surface area contributed by atoms with E-state index in [9.17, 15) is 14.0 Å². The highest BCUT2D eigenvalue weighted by atomic mass is 35.5. The number of rotatable bonds is 5. The largest absolute Gasteiger partial charge is 0.354 e. The number of hydrogen-bond acceptors (Lipinski definition) is 3. The molecule has 0 aliphatic heterocycles. The summed E-state index contributed by atoms with van der Waals surface area (Å²) in [6, 6.07) is 3.50. The first-order valence-corrected chi connectivity index (χ1v) is 8.09. The number of fused-ring (bicyclic) bond motifs is 1. The number of nitrogens with one attached hydrogen (secondary N) is 2. The van der Waals surface area contributed by atoms with Crippen LogP contribution in [-0.4, -0.2) is 24.4 Å². The number of hydrogen-bond donors (Lipinski definition) is 2. The summed E-state index contributed by atoms with van der Waals surface area (Å²) < 4.78 is 13.8.